The number of likely N-dealkylation sites (tertiary alicyclic amines) is 1. The van der Waals surface area contributed by atoms with E-state index in [-0.39, 0.29) is 23.9 Å². The molecule has 45 heavy (non-hydrogen) atoms. The molecule has 0 bridgehead atoms. The fourth-order valence-electron chi connectivity index (χ4n) is 6.30. The lowest BCUT2D eigenvalue weighted by atomic mass is 9.91. The first-order valence-corrected chi connectivity index (χ1v) is 16.7. The minimum atomic E-state index is -0.275. The predicted octanol–water partition coefficient (Wildman–Crippen LogP) is 6.41. The minimum absolute atomic E-state index is 0.0594. The summed E-state index contributed by atoms with van der Waals surface area (Å²) in [5, 5.41) is 7.31. The molecule has 1 amide bonds. The summed E-state index contributed by atoms with van der Waals surface area (Å²) in [6, 6.07) is 29.4. The molecule has 0 aromatic heterocycles. The van der Waals surface area contributed by atoms with Crippen LogP contribution in [0.4, 0.5) is 0 Å². The highest BCUT2D eigenvalue weighted by Gasteiger charge is 2.28. The normalized spacial score (nSPS) is 18.4. The van der Waals surface area contributed by atoms with Gasteiger partial charge in [-0.2, -0.15) is 0 Å². The summed E-state index contributed by atoms with van der Waals surface area (Å²) >= 11 is 5.99. The average Bonchev–Trinajstić information content (AvgIpc) is 3.39. The second-order valence-electron chi connectivity index (χ2n) is 12.5. The van der Waals surface area contributed by atoms with Gasteiger partial charge in [-0.05, 0) is 88.0 Å². The smallest absolute Gasteiger partial charge is 0.244 e. The number of likely N-dealkylation sites (N-methyl/N-ethyl adjacent to an activating group) is 1. The van der Waals surface area contributed by atoms with Crippen molar-refractivity contribution in [1.82, 2.24) is 20.4 Å². The van der Waals surface area contributed by atoms with Gasteiger partial charge in [0.05, 0.1) is 6.04 Å². The van der Waals surface area contributed by atoms with E-state index in [0.29, 0.717) is 23.7 Å². The van der Waals surface area contributed by atoms with Crippen LogP contribution in [-0.2, 0) is 9.59 Å². The van der Waals surface area contributed by atoms with Crippen molar-refractivity contribution in [2.75, 3.05) is 33.2 Å². The highest BCUT2D eigenvalue weighted by molar-refractivity contribution is 6.30. The predicted molar refractivity (Wildman–Crippen MR) is 187 cm³/mol. The van der Waals surface area contributed by atoms with Gasteiger partial charge in [-0.3, -0.25) is 9.69 Å². The molecule has 1 saturated heterocycles. The van der Waals surface area contributed by atoms with Gasteiger partial charge in [0.2, 0.25) is 5.91 Å². The van der Waals surface area contributed by atoms with Gasteiger partial charge in [0.1, 0.15) is 6.29 Å². The molecule has 1 aliphatic heterocycles. The third kappa shape index (κ3) is 11.2. The van der Waals surface area contributed by atoms with E-state index in [4.69, 9.17) is 11.6 Å². The van der Waals surface area contributed by atoms with Crippen LogP contribution < -0.4 is 10.6 Å². The molecule has 2 N–H and O–H groups in total. The molecule has 6 nitrogen and oxygen atoms in total. The van der Waals surface area contributed by atoms with Crippen LogP contribution in [0, 0.1) is 0 Å². The number of nitrogens with zero attached hydrogens (tertiary/aromatic N) is 2. The van der Waals surface area contributed by atoms with E-state index < -0.39 is 0 Å². The Balaban J connectivity index is 1.39. The van der Waals surface area contributed by atoms with E-state index in [1.807, 2.05) is 12.1 Å². The third-order valence-corrected chi connectivity index (χ3v) is 9.28. The summed E-state index contributed by atoms with van der Waals surface area (Å²) in [4.78, 5) is 29.9. The molecule has 4 atom stereocenters. The number of rotatable bonds is 17. The highest BCUT2D eigenvalue weighted by Crippen LogP contribution is 2.26. The summed E-state index contributed by atoms with van der Waals surface area (Å²) in [7, 11) is 2.15. The molecule has 1 heterocycles. The molecule has 3 aromatic carbocycles. The molecule has 7 heteroatoms. The van der Waals surface area contributed by atoms with Gasteiger partial charge >= 0.3 is 0 Å². The van der Waals surface area contributed by atoms with Gasteiger partial charge in [-0.25, -0.2) is 0 Å². The van der Waals surface area contributed by atoms with E-state index in [9.17, 15) is 9.59 Å². The fourth-order valence-corrected chi connectivity index (χ4v) is 6.42. The van der Waals surface area contributed by atoms with Crippen LogP contribution in [0.1, 0.15) is 62.1 Å². The number of benzene rings is 3. The fraction of sp³-hybridized carbons (Fsp3) is 0.421. The molecule has 4 rings (SSSR count). The minimum Gasteiger partial charge on any atom is -0.351 e. The molecule has 4 unspecified atom stereocenters. The Labute approximate surface area is 274 Å². The van der Waals surface area contributed by atoms with Gasteiger partial charge in [-0.15, -0.1) is 0 Å². The Morgan fingerprint density at radius 2 is 1.53 bits per heavy atom. The summed E-state index contributed by atoms with van der Waals surface area (Å²) in [6.07, 6.45) is 8.31. The molecule has 240 valence electrons. The Kier molecular flexibility index (Phi) is 13.8. The first kappa shape index (κ1) is 34.6. The molecule has 0 radical (unpaired) electrons. The quantitative estimate of drug-likeness (QED) is 0.134. The largest absolute Gasteiger partial charge is 0.351 e. The van der Waals surface area contributed by atoms with Crippen molar-refractivity contribution in [2.24, 2.45) is 0 Å². The van der Waals surface area contributed by atoms with E-state index >= 15 is 0 Å². The number of halogens is 1. The van der Waals surface area contributed by atoms with E-state index in [2.05, 4.69) is 102 Å². The monoisotopic (exact) mass is 628 g/mol. The van der Waals surface area contributed by atoms with Crippen LogP contribution >= 0.6 is 11.6 Å². The van der Waals surface area contributed by atoms with E-state index in [0.717, 1.165) is 44.3 Å². The van der Waals surface area contributed by atoms with Crippen LogP contribution in [0.5, 0.6) is 0 Å². The average molecular weight is 629 g/mol. The maximum absolute atomic E-state index is 12.8. The zero-order chi connectivity index (χ0) is 32.0. The third-order valence-electron chi connectivity index (χ3n) is 9.02. The van der Waals surface area contributed by atoms with Crippen LogP contribution in [0.2, 0.25) is 5.02 Å². The summed E-state index contributed by atoms with van der Waals surface area (Å²) < 4.78 is 0. The SMILES string of the molecule is CC1CCC(C)N1CCC(C=O)NC(CCN(C)CC(c1ccccc1)c1ccccc1)CNC(=O)/C=C/c1ccc(Cl)cc1. The van der Waals surface area contributed by atoms with Crippen molar-refractivity contribution in [1.29, 1.82) is 0 Å². The van der Waals surface area contributed by atoms with Crippen LogP contribution in [0.15, 0.2) is 91.0 Å². The topological polar surface area (TPSA) is 64.7 Å². The number of hydrogen-bond donors (Lipinski definition) is 2. The molecule has 0 aliphatic carbocycles. The van der Waals surface area contributed by atoms with Gasteiger partial charge in [0, 0.05) is 54.8 Å². The van der Waals surface area contributed by atoms with Crippen molar-refractivity contribution >= 4 is 29.9 Å². The molecule has 0 spiro atoms. The Morgan fingerprint density at radius 1 is 0.933 bits per heavy atom. The van der Waals surface area contributed by atoms with Crippen LogP contribution in [0.3, 0.4) is 0 Å². The summed E-state index contributed by atoms with van der Waals surface area (Å²) in [5.41, 5.74) is 3.48. The van der Waals surface area contributed by atoms with Gasteiger partial charge in [0.15, 0.2) is 0 Å². The van der Waals surface area contributed by atoms with Gasteiger partial charge in [-0.1, -0.05) is 84.4 Å². The highest BCUT2D eigenvalue weighted by atomic mass is 35.5. The first-order chi connectivity index (χ1) is 21.8. The molecule has 1 aliphatic rings. The Bertz CT molecular complexity index is 1290. The van der Waals surface area contributed by atoms with E-state index in [1.54, 1.807) is 24.3 Å². The molecule has 0 saturated carbocycles. The molecule has 3 aromatic rings. The maximum atomic E-state index is 12.8. The lowest BCUT2D eigenvalue weighted by molar-refractivity contribution is -0.116. The number of nitrogens with one attached hydrogen (secondary N) is 2. The maximum Gasteiger partial charge on any atom is 0.244 e. The molecular formula is C38H49ClN4O2. The van der Waals surface area contributed by atoms with Gasteiger partial charge in [0.25, 0.3) is 0 Å². The first-order valence-electron chi connectivity index (χ1n) is 16.3. The van der Waals surface area contributed by atoms with Crippen molar-refractivity contribution in [2.45, 2.75) is 69.6 Å². The van der Waals surface area contributed by atoms with Crippen molar-refractivity contribution in [3.8, 4) is 0 Å². The van der Waals surface area contributed by atoms with Crippen LogP contribution in [-0.4, -0.2) is 79.4 Å². The second kappa shape index (κ2) is 18.0. The number of aldehydes is 1. The molecular weight excluding hydrogens is 580 g/mol. The lowest BCUT2D eigenvalue weighted by Gasteiger charge is -2.30. The van der Waals surface area contributed by atoms with E-state index in [1.165, 1.54) is 24.0 Å². The number of carbonyl (C=O) groups excluding carboxylic acids is 2. The number of amides is 1. The van der Waals surface area contributed by atoms with Crippen molar-refractivity contribution in [3.05, 3.63) is 113 Å². The lowest BCUT2D eigenvalue weighted by Crippen LogP contribution is -2.48. The number of carbonyl (C=O) groups is 2. The Morgan fingerprint density at radius 3 is 2.11 bits per heavy atom. The zero-order valence-corrected chi connectivity index (χ0v) is 27.7. The number of hydrogen-bond acceptors (Lipinski definition) is 5. The van der Waals surface area contributed by atoms with Gasteiger partial charge < -0.3 is 20.3 Å². The second-order valence-corrected chi connectivity index (χ2v) is 12.9. The standard InChI is InChI=1S/C38H49ClN4O2/c1-29-14-15-30(2)43(29)25-23-36(28-44)41-35(26-40-38(45)21-18-31-16-19-34(39)20-17-31)22-24-42(3)27-37(32-10-6-4-7-11-32)33-12-8-5-9-13-33/h4-13,16-21,28-30,35-37,41H,14-15,22-27H2,1-3H3,(H,40,45)/b21-18+. The summed E-state index contributed by atoms with van der Waals surface area (Å²) in [5.74, 6) is 0.0781. The Hall–Kier alpha value is -3.29. The zero-order valence-electron chi connectivity index (χ0n) is 26.9. The summed E-state index contributed by atoms with van der Waals surface area (Å²) in [6.45, 7) is 7.54. The molecule has 1 fully saturated rings. The van der Waals surface area contributed by atoms with Crippen molar-refractivity contribution in [3.63, 3.8) is 0 Å². The van der Waals surface area contributed by atoms with Crippen LogP contribution in [0.25, 0.3) is 6.08 Å². The van der Waals surface area contributed by atoms with Crippen molar-refractivity contribution < 1.29 is 9.59 Å².